The van der Waals surface area contributed by atoms with Crippen molar-refractivity contribution in [1.29, 1.82) is 0 Å². The fourth-order valence-corrected chi connectivity index (χ4v) is 1.99. The van der Waals surface area contributed by atoms with Gasteiger partial charge in [-0.05, 0) is 18.2 Å². The van der Waals surface area contributed by atoms with Crippen LogP contribution >= 0.6 is 0 Å². The standard InChI is InChI=1S/C13H13N5O/c14-13-10(8-15-17-13)12(19)11-6-7-16-18(11)9-4-2-1-3-5-9/h1-8,12,19H,(H3,14,15,17). The minimum Gasteiger partial charge on any atom is -0.384 e. The van der Waals surface area contributed by atoms with E-state index in [1.165, 1.54) is 6.20 Å². The Hall–Kier alpha value is -2.60. The average molecular weight is 255 g/mol. The first-order valence-electron chi connectivity index (χ1n) is 5.83. The molecule has 0 radical (unpaired) electrons. The summed E-state index contributed by atoms with van der Waals surface area (Å²) in [4.78, 5) is 0. The number of nitrogens with one attached hydrogen (secondary N) is 1. The van der Waals surface area contributed by atoms with Crippen LogP contribution in [0.3, 0.4) is 0 Å². The van der Waals surface area contributed by atoms with Crippen molar-refractivity contribution in [3.63, 3.8) is 0 Å². The van der Waals surface area contributed by atoms with Crippen molar-refractivity contribution in [2.24, 2.45) is 0 Å². The van der Waals surface area contributed by atoms with Crippen LogP contribution in [0.4, 0.5) is 5.82 Å². The van der Waals surface area contributed by atoms with Crippen LogP contribution in [-0.4, -0.2) is 25.1 Å². The number of nitrogens with two attached hydrogens (primary N) is 1. The van der Waals surface area contributed by atoms with Gasteiger partial charge in [0.15, 0.2) is 0 Å². The second kappa shape index (κ2) is 4.58. The van der Waals surface area contributed by atoms with E-state index >= 15 is 0 Å². The molecular weight excluding hydrogens is 242 g/mol. The monoisotopic (exact) mass is 255 g/mol. The summed E-state index contributed by atoms with van der Waals surface area (Å²) in [6.07, 6.45) is 2.28. The highest BCUT2D eigenvalue weighted by molar-refractivity contribution is 5.43. The Kier molecular flexibility index (Phi) is 2.77. The molecule has 96 valence electrons. The summed E-state index contributed by atoms with van der Waals surface area (Å²) < 4.78 is 1.68. The molecule has 0 aliphatic rings. The summed E-state index contributed by atoms with van der Waals surface area (Å²) in [6.45, 7) is 0. The summed E-state index contributed by atoms with van der Waals surface area (Å²) in [6, 6.07) is 11.4. The van der Waals surface area contributed by atoms with E-state index in [-0.39, 0.29) is 0 Å². The lowest BCUT2D eigenvalue weighted by molar-refractivity contribution is 0.213. The second-order valence-corrected chi connectivity index (χ2v) is 4.14. The first-order valence-corrected chi connectivity index (χ1v) is 5.83. The molecular formula is C13H13N5O. The molecule has 19 heavy (non-hydrogen) atoms. The average Bonchev–Trinajstić information content (AvgIpc) is 3.07. The normalized spacial score (nSPS) is 12.5. The number of nitrogens with zero attached hydrogens (tertiary/aromatic N) is 3. The van der Waals surface area contributed by atoms with Crippen molar-refractivity contribution in [3.8, 4) is 5.69 Å². The number of aliphatic hydroxyl groups excluding tert-OH is 1. The minimum atomic E-state index is -0.874. The van der Waals surface area contributed by atoms with Crippen LogP contribution in [0.5, 0.6) is 0 Å². The quantitative estimate of drug-likeness (QED) is 0.657. The lowest BCUT2D eigenvalue weighted by Crippen LogP contribution is -2.09. The van der Waals surface area contributed by atoms with Crippen molar-refractivity contribution in [1.82, 2.24) is 20.0 Å². The van der Waals surface area contributed by atoms with E-state index < -0.39 is 6.10 Å². The molecule has 2 aromatic heterocycles. The third-order valence-electron chi connectivity index (χ3n) is 2.95. The molecule has 3 rings (SSSR count). The third kappa shape index (κ3) is 1.98. The van der Waals surface area contributed by atoms with Gasteiger partial charge >= 0.3 is 0 Å². The van der Waals surface area contributed by atoms with Gasteiger partial charge < -0.3 is 10.8 Å². The number of aliphatic hydroxyl groups is 1. The van der Waals surface area contributed by atoms with Crippen LogP contribution in [0.2, 0.25) is 0 Å². The Morgan fingerprint density at radius 2 is 2.00 bits per heavy atom. The van der Waals surface area contributed by atoms with Crippen molar-refractivity contribution in [2.75, 3.05) is 5.73 Å². The number of aromatic amines is 1. The molecule has 0 saturated heterocycles. The molecule has 0 fully saturated rings. The van der Waals surface area contributed by atoms with E-state index in [2.05, 4.69) is 15.3 Å². The Morgan fingerprint density at radius 3 is 2.68 bits per heavy atom. The lowest BCUT2D eigenvalue weighted by atomic mass is 10.1. The van der Waals surface area contributed by atoms with E-state index in [4.69, 9.17) is 5.73 Å². The predicted molar refractivity (Wildman–Crippen MR) is 70.6 cm³/mol. The van der Waals surface area contributed by atoms with Crippen LogP contribution in [0.15, 0.2) is 48.8 Å². The van der Waals surface area contributed by atoms with Gasteiger partial charge in [-0.3, -0.25) is 5.10 Å². The van der Waals surface area contributed by atoms with Crippen molar-refractivity contribution >= 4 is 5.82 Å². The number of nitrogen functional groups attached to an aromatic ring is 1. The summed E-state index contributed by atoms with van der Waals surface area (Å²) in [5, 5.41) is 21.0. The molecule has 6 nitrogen and oxygen atoms in total. The molecule has 1 unspecified atom stereocenters. The van der Waals surface area contributed by atoms with Gasteiger partial charge in [0.05, 0.1) is 17.6 Å². The fourth-order valence-electron chi connectivity index (χ4n) is 1.99. The number of para-hydroxylation sites is 1. The molecule has 0 aliphatic carbocycles. The highest BCUT2D eigenvalue weighted by Crippen LogP contribution is 2.26. The topological polar surface area (TPSA) is 92.8 Å². The van der Waals surface area contributed by atoms with E-state index in [0.717, 1.165) is 5.69 Å². The molecule has 4 N–H and O–H groups in total. The zero-order valence-corrected chi connectivity index (χ0v) is 10.1. The van der Waals surface area contributed by atoms with Gasteiger partial charge in [-0.1, -0.05) is 18.2 Å². The summed E-state index contributed by atoms with van der Waals surface area (Å²) >= 11 is 0. The van der Waals surface area contributed by atoms with Crippen LogP contribution < -0.4 is 5.73 Å². The third-order valence-corrected chi connectivity index (χ3v) is 2.95. The first kappa shape index (κ1) is 11.5. The molecule has 1 atom stereocenters. The number of hydrogen-bond acceptors (Lipinski definition) is 4. The number of aromatic nitrogens is 4. The Bertz CT molecular complexity index is 673. The number of rotatable bonds is 3. The van der Waals surface area contributed by atoms with E-state index in [0.29, 0.717) is 17.1 Å². The van der Waals surface area contributed by atoms with Gasteiger partial charge in [0.25, 0.3) is 0 Å². The van der Waals surface area contributed by atoms with Gasteiger partial charge in [0.2, 0.25) is 0 Å². The first-order chi connectivity index (χ1) is 9.27. The minimum absolute atomic E-state index is 0.355. The highest BCUT2D eigenvalue weighted by atomic mass is 16.3. The van der Waals surface area contributed by atoms with Crippen molar-refractivity contribution in [2.45, 2.75) is 6.10 Å². The smallest absolute Gasteiger partial charge is 0.126 e. The summed E-state index contributed by atoms with van der Waals surface area (Å²) in [5.41, 5.74) is 7.78. The molecule has 0 bridgehead atoms. The van der Waals surface area contributed by atoms with Crippen molar-refractivity contribution < 1.29 is 5.11 Å². The zero-order valence-electron chi connectivity index (χ0n) is 10.1. The molecule has 0 spiro atoms. The molecule has 2 heterocycles. The number of H-pyrrole nitrogens is 1. The van der Waals surface area contributed by atoms with E-state index in [1.807, 2.05) is 30.3 Å². The molecule has 3 aromatic rings. The van der Waals surface area contributed by atoms with Gasteiger partial charge in [0, 0.05) is 11.8 Å². The summed E-state index contributed by atoms with van der Waals surface area (Å²) in [5.74, 6) is 0.355. The number of hydrogen-bond donors (Lipinski definition) is 3. The Balaban J connectivity index is 2.04. The molecule has 1 aromatic carbocycles. The van der Waals surface area contributed by atoms with Crippen molar-refractivity contribution in [3.05, 3.63) is 60.0 Å². The maximum Gasteiger partial charge on any atom is 0.126 e. The van der Waals surface area contributed by atoms with Crippen LogP contribution in [0, 0.1) is 0 Å². The fraction of sp³-hybridized carbons (Fsp3) is 0.0769. The van der Waals surface area contributed by atoms with Crippen LogP contribution in [0.1, 0.15) is 17.4 Å². The van der Waals surface area contributed by atoms with Crippen LogP contribution in [-0.2, 0) is 0 Å². The molecule has 6 heteroatoms. The summed E-state index contributed by atoms with van der Waals surface area (Å²) in [7, 11) is 0. The Labute approximate surface area is 109 Å². The molecule has 0 saturated carbocycles. The maximum absolute atomic E-state index is 10.4. The maximum atomic E-state index is 10.4. The molecule has 0 amide bonds. The molecule has 0 aliphatic heterocycles. The van der Waals surface area contributed by atoms with E-state index in [1.54, 1.807) is 16.9 Å². The Morgan fingerprint density at radius 1 is 1.21 bits per heavy atom. The van der Waals surface area contributed by atoms with Crippen LogP contribution in [0.25, 0.3) is 5.69 Å². The number of anilines is 1. The van der Waals surface area contributed by atoms with Gasteiger partial charge in [0.1, 0.15) is 11.9 Å². The second-order valence-electron chi connectivity index (χ2n) is 4.14. The lowest BCUT2D eigenvalue weighted by Gasteiger charge is -2.12. The largest absolute Gasteiger partial charge is 0.384 e. The zero-order chi connectivity index (χ0) is 13.2. The highest BCUT2D eigenvalue weighted by Gasteiger charge is 2.19. The SMILES string of the molecule is Nc1[nH]ncc1C(O)c1ccnn1-c1ccccc1. The van der Waals surface area contributed by atoms with Gasteiger partial charge in [-0.2, -0.15) is 10.2 Å². The van der Waals surface area contributed by atoms with Gasteiger partial charge in [-0.25, -0.2) is 4.68 Å². The van der Waals surface area contributed by atoms with E-state index in [9.17, 15) is 5.11 Å². The van der Waals surface area contributed by atoms with Gasteiger partial charge in [-0.15, -0.1) is 0 Å². The number of benzene rings is 1. The predicted octanol–water partition coefficient (Wildman–Crippen LogP) is 1.26.